The van der Waals surface area contributed by atoms with E-state index in [4.69, 9.17) is 0 Å². The summed E-state index contributed by atoms with van der Waals surface area (Å²) < 4.78 is 38.2. The molecule has 28 heavy (non-hydrogen) atoms. The first-order valence-corrected chi connectivity index (χ1v) is 8.72. The molecule has 0 bridgehead atoms. The van der Waals surface area contributed by atoms with Crippen molar-refractivity contribution in [2.24, 2.45) is 0 Å². The number of phenolic OH excluding ortho intramolecular Hbond substituents is 1. The Morgan fingerprint density at radius 2 is 1.86 bits per heavy atom. The number of amides is 1. The number of carbonyl (C=O) groups is 1. The summed E-state index contributed by atoms with van der Waals surface area (Å²) in [4.78, 5) is 14.0. The third kappa shape index (κ3) is 6.74. The molecule has 2 aromatic rings. The van der Waals surface area contributed by atoms with Crippen molar-refractivity contribution in [3.8, 4) is 5.75 Å². The Bertz CT molecular complexity index is 815. The third-order valence-corrected chi connectivity index (χ3v) is 4.29. The molecule has 0 saturated heterocycles. The van der Waals surface area contributed by atoms with Gasteiger partial charge in [0.25, 0.3) is 0 Å². The Kier molecular flexibility index (Phi) is 7.23. The number of nitrogens with one attached hydrogen (secondary N) is 1. The van der Waals surface area contributed by atoms with Gasteiger partial charge in [-0.1, -0.05) is 24.3 Å². The predicted octanol–water partition coefficient (Wildman–Crippen LogP) is 3.71. The summed E-state index contributed by atoms with van der Waals surface area (Å²) in [5.74, 6) is -0.187. The fourth-order valence-corrected chi connectivity index (χ4v) is 2.61. The highest BCUT2D eigenvalue weighted by molar-refractivity contribution is 5.91. The molecule has 0 aromatic heterocycles. The largest absolute Gasteiger partial charge is 0.508 e. The fraction of sp³-hybridized carbons (Fsp3) is 0.286. The van der Waals surface area contributed by atoms with Gasteiger partial charge in [0.05, 0.1) is 5.56 Å². The number of aromatic hydroxyl groups is 1. The molecule has 1 amide bonds. The molecule has 2 aromatic carbocycles. The van der Waals surface area contributed by atoms with E-state index in [2.05, 4.69) is 5.32 Å². The van der Waals surface area contributed by atoms with Gasteiger partial charge in [-0.2, -0.15) is 13.2 Å². The van der Waals surface area contributed by atoms with Crippen molar-refractivity contribution in [2.75, 3.05) is 20.6 Å². The number of carbonyl (C=O) groups excluding carboxylic acids is 1. The van der Waals surface area contributed by atoms with Crippen LogP contribution in [-0.2, 0) is 17.4 Å². The number of rotatable bonds is 7. The van der Waals surface area contributed by atoms with Crippen LogP contribution in [0.4, 0.5) is 13.2 Å². The number of phenols is 1. The van der Waals surface area contributed by atoms with Crippen molar-refractivity contribution in [1.29, 1.82) is 0 Å². The van der Waals surface area contributed by atoms with Gasteiger partial charge in [-0.05, 0) is 62.0 Å². The minimum absolute atomic E-state index is 0.0236. The van der Waals surface area contributed by atoms with E-state index in [9.17, 15) is 23.1 Å². The lowest BCUT2D eigenvalue weighted by Gasteiger charge is -2.24. The van der Waals surface area contributed by atoms with E-state index in [1.165, 1.54) is 24.3 Å². The number of hydrogen-bond acceptors (Lipinski definition) is 3. The highest BCUT2D eigenvalue weighted by Crippen LogP contribution is 2.29. The van der Waals surface area contributed by atoms with Crippen LogP contribution in [0.15, 0.2) is 54.6 Å². The first-order valence-electron chi connectivity index (χ1n) is 8.72. The summed E-state index contributed by atoms with van der Waals surface area (Å²) in [5.41, 5.74) is 0.570. The maximum atomic E-state index is 12.7. The van der Waals surface area contributed by atoms with Crippen LogP contribution < -0.4 is 5.32 Å². The number of nitrogens with zero attached hydrogens (tertiary/aromatic N) is 1. The lowest BCUT2D eigenvalue weighted by atomic mass is 10.0. The zero-order valence-electron chi connectivity index (χ0n) is 15.7. The Morgan fingerprint density at radius 1 is 1.18 bits per heavy atom. The van der Waals surface area contributed by atoms with Crippen LogP contribution >= 0.6 is 0 Å². The maximum absolute atomic E-state index is 12.7. The Balaban J connectivity index is 1.94. The molecule has 0 radical (unpaired) electrons. The monoisotopic (exact) mass is 392 g/mol. The van der Waals surface area contributed by atoms with Gasteiger partial charge in [-0.25, -0.2) is 0 Å². The standard InChI is InChI=1S/C21H23F3N2O2/c1-26(2)18(13-16-6-9-19(27)10-7-16)14-25-20(28)11-8-15-4-3-5-17(12-15)21(22,23)24/h3-12,18,27H,13-14H2,1-2H3,(H,25,28)/b11-8+/t18-/m0/s1. The van der Waals surface area contributed by atoms with Gasteiger partial charge in [0.15, 0.2) is 0 Å². The smallest absolute Gasteiger partial charge is 0.416 e. The topological polar surface area (TPSA) is 52.6 Å². The number of halogens is 3. The normalized spacial score (nSPS) is 13.1. The Hall–Kier alpha value is -2.80. The highest BCUT2D eigenvalue weighted by atomic mass is 19.4. The molecule has 0 saturated carbocycles. The average molecular weight is 392 g/mol. The second kappa shape index (κ2) is 9.41. The summed E-state index contributed by atoms with van der Waals surface area (Å²) in [6, 6.07) is 11.7. The van der Waals surface area contributed by atoms with E-state index in [-0.39, 0.29) is 17.7 Å². The molecule has 1 atom stereocenters. The lowest BCUT2D eigenvalue weighted by molar-refractivity contribution is -0.137. The highest BCUT2D eigenvalue weighted by Gasteiger charge is 2.30. The summed E-state index contributed by atoms with van der Waals surface area (Å²) in [5, 5.41) is 12.1. The molecule has 0 fully saturated rings. The quantitative estimate of drug-likeness (QED) is 0.707. The van der Waals surface area contributed by atoms with Gasteiger partial charge in [0.1, 0.15) is 5.75 Å². The van der Waals surface area contributed by atoms with Gasteiger partial charge in [0, 0.05) is 18.7 Å². The van der Waals surface area contributed by atoms with E-state index in [1.54, 1.807) is 12.1 Å². The third-order valence-electron chi connectivity index (χ3n) is 4.29. The van der Waals surface area contributed by atoms with E-state index in [1.807, 2.05) is 31.1 Å². The number of benzene rings is 2. The van der Waals surface area contributed by atoms with E-state index in [0.717, 1.165) is 17.7 Å². The molecular weight excluding hydrogens is 369 g/mol. The van der Waals surface area contributed by atoms with Crippen molar-refractivity contribution in [2.45, 2.75) is 18.6 Å². The zero-order chi connectivity index (χ0) is 20.7. The van der Waals surface area contributed by atoms with Crippen LogP contribution in [0, 0.1) is 0 Å². The van der Waals surface area contributed by atoms with Crippen molar-refractivity contribution < 1.29 is 23.1 Å². The molecule has 0 aliphatic heterocycles. The molecule has 0 aliphatic carbocycles. The lowest BCUT2D eigenvalue weighted by Crippen LogP contribution is -2.41. The van der Waals surface area contributed by atoms with Gasteiger partial charge >= 0.3 is 6.18 Å². The molecule has 0 heterocycles. The van der Waals surface area contributed by atoms with E-state index >= 15 is 0 Å². The van der Waals surface area contributed by atoms with Crippen molar-refractivity contribution >= 4 is 12.0 Å². The molecule has 2 N–H and O–H groups in total. The summed E-state index contributed by atoms with van der Waals surface area (Å²) >= 11 is 0. The van der Waals surface area contributed by atoms with Gasteiger partial charge < -0.3 is 15.3 Å². The number of alkyl halides is 3. The van der Waals surface area contributed by atoms with Gasteiger partial charge in [-0.15, -0.1) is 0 Å². The molecule has 150 valence electrons. The van der Waals surface area contributed by atoms with E-state index in [0.29, 0.717) is 18.5 Å². The van der Waals surface area contributed by atoms with Crippen LogP contribution in [0.1, 0.15) is 16.7 Å². The maximum Gasteiger partial charge on any atom is 0.416 e. The first-order chi connectivity index (χ1) is 13.1. The SMILES string of the molecule is CN(C)[C@H](CNC(=O)/C=C/c1cccc(C(F)(F)F)c1)Cc1ccc(O)cc1. The average Bonchev–Trinajstić information content (AvgIpc) is 2.64. The molecule has 0 unspecified atom stereocenters. The number of likely N-dealkylation sites (N-methyl/N-ethyl adjacent to an activating group) is 1. The Labute approximate surface area is 162 Å². The number of hydrogen-bond donors (Lipinski definition) is 2. The minimum atomic E-state index is -4.42. The van der Waals surface area contributed by atoms with Crippen molar-refractivity contribution in [1.82, 2.24) is 10.2 Å². The van der Waals surface area contributed by atoms with E-state index < -0.39 is 11.7 Å². The molecule has 0 spiro atoms. The second-order valence-corrected chi connectivity index (χ2v) is 6.69. The van der Waals surface area contributed by atoms with Crippen LogP contribution in [0.25, 0.3) is 6.08 Å². The van der Waals surface area contributed by atoms with Gasteiger partial charge in [0.2, 0.25) is 5.91 Å². The second-order valence-electron chi connectivity index (χ2n) is 6.69. The first kappa shape index (κ1) is 21.5. The van der Waals surface area contributed by atoms with Crippen LogP contribution in [0.2, 0.25) is 0 Å². The fourth-order valence-electron chi connectivity index (χ4n) is 2.61. The van der Waals surface area contributed by atoms with Crippen molar-refractivity contribution in [3.63, 3.8) is 0 Å². The molecule has 4 nitrogen and oxygen atoms in total. The molecule has 7 heteroatoms. The molecular formula is C21H23F3N2O2. The predicted molar refractivity (Wildman–Crippen MR) is 103 cm³/mol. The molecule has 2 rings (SSSR count). The van der Waals surface area contributed by atoms with Crippen LogP contribution in [-0.4, -0.2) is 42.6 Å². The van der Waals surface area contributed by atoms with Gasteiger partial charge in [-0.3, -0.25) is 4.79 Å². The van der Waals surface area contributed by atoms with Crippen molar-refractivity contribution in [3.05, 3.63) is 71.3 Å². The minimum Gasteiger partial charge on any atom is -0.508 e. The summed E-state index contributed by atoms with van der Waals surface area (Å²) in [7, 11) is 3.80. The van der Waals surface area contributed by atoms with Crippen LogP contribution in [0.5, 0.6) is 5.75 Å². The van der Waals surface area contributed by atoms with Crippen LogP contribution in [0.3, 0.4) is 0 Å². The summed E-state index contributed by atoms with van der Waals surface area (Å²) in [6.45, 7) is 0.375. The zero-order valence-corrected chi connectivity index (χ0v) is 15.7. The Morgan fingerprint density at radius 3 is 2.46 bits per heavy atom. The summed E-state index contributed by atoms with van der Waals surface area (Å²) in [6.07, 6.45) is -1.16. The molecule has 0 aliphatic rings.